The molecule has 2 N–H and O–H groups in total. The van der Waals surface area contributed by atoms with Gasteiger partial charge < -0.3 is 10.2 Å². The van der Waals surface area contributed by atoms with Gasteiger partial charge in [-0.05, 0) is 18.8 Å². The molecule has 0 fully saturated rings. The molecule has 0 bridgehead atoms. The number of hydrogen-bond acceptors (Lipinski definition) is 3. The third-order valence-corrected chi connectivity index (χ3v) is 4.21. The van der Waals surface area contributed by atoms with E-state index in [9.17, 15) is 4.79 Å². The van der Waals surface area contributed by atoms with E-state index in [4.69, 9.17) is 0 Å². The van der Waals surface area contributed by atoms with E-state index in [0.717, 1.165) is 50.2 Å². The van der Waals surface area contributed by atoms with Crippen molar-refractivity contribution in [1.82, 2.24) is 20.4 Å². The predicted molar refractivity (Wildman–Crippen MR) is 91.5 cm³/mol. The molecule has 1 aromatic heterocycles. The van der Waals surface area contributed by atoms with Crippen LogP contribution < -0.4 is 5.32 Å². The lowest BCUT2D eigenvalue weighted by atomic mass is 10.0. The van der Waals surface area contributed by atoms with Crippen molar-refractivity contribution in [1.29, 1.82) is 0 Å². The van der Waals surface area contributed by atoms with Crippen LogP contribution in [0.4, 0.5) is 0 Å². The van der Waals surface area contributed by atoms with Crippen molar-refractivity contribution in [2.45, 2.75) is 59.5 Å². The van der Waals surface area contributed by atoms with E-state index in [2.05, 4.69) is 43.2 Å². The van der Waals surface area contributed by atoms with Gasteiger partial charge >= 0.3 is 0 Å². The Hall–Kier alpha value is -1.07. The molecule has 2 rings (SSSR count). The third-order valence-electron chi connectivity index (χ3n) is 4.21. The van der Waals surface area contributed by atoms with E-state index in [0.29, 0.717) is 17.7 Å². The first kappa shape index (κ1) is 19.0. The molecule has 0 aromatic carbocycles. The maximum Gasteiger partial charge on any atom is 0.274 e. The summed E-state index contributed by atoms with van der Waals surface area (Å²) in [4.78, 5) is 15.0. The summed E-state index contributed by atoms with van der Waals surface area (Å²) in [5.41, 5.74) is 2.79. The van der Waals surface area contributed by atoms with Gasteiger partial charge in [-0.2, -0.15) is 5.10 Å². The highest BCUT2D eigenvalue weighted by atomic mass is 35.5. The number of carbonyl (C=O) groups is 1. The van der Waals surface area contributed by atoms with Crippen LogP contribution in [0.3, 0.4) is 0 Å². The summed E-state index contributed by atoms with van der Waals surface area (Å²) in [6.07, 6.45) is 2.89. The van der Waals surface area contributed by atoms with Crippen LogP contribution in [0.25, 0.3) is 0 Å². The molecular formula is C16H29ClN4O. The molecule has 0 radical (unpaired) electrons. The summed E-state index contributed by atoms with van der Waals surface area (Å²) in [5, 5.41) is 10.7. The van der Waals surface area contributed by atoms with Crippen molar-refractivity contribution >= 4 is 18.3 Å². The number of nitrogens with one attached hydrogen (secondary N) is 2. The first-order valence-corrected chi connectivity index (χ1v) is 8.16. The molecule has 0 spiro atoms. The monoisotopic (exact) mass is 328 g/mol. The van der Waals surface area contributed by atoms with Crippen molar-refractivity contribution in [3.63, 3.8) is 0 Å². The lowest BCUT2D eigenvalue weighted by Crippen LogP contribution is -2.42. The number of hydrogen-bond donors (Lipinski definition) is 2. The van der Waals surface area contributed by atoms with E-state index >= 15 is 0 Å². The van der Waals surface area contributed by atoms with E-state index < -0.39 is 0 Å². The lowest BCUT2D eigenvalue weighted by Gasteiger charge is -2.32. The summed E-state index contributed by atoms with van der Waals surface area (Å²) >= 11 is 0. The first-order valence-electron chi connectivity index (χ1n) is 8.16. The number of halogens is 1. The molecule has 1 aliphatic rings. The Morgan fingerprint density at radius 2 is 2.00 bits per heavy atom. The van der Waals surface area contributed by atoms with Crippen LogP contribution >= 0.6 is 12.4 Å². The van der Waals surface area contributed by atoms with Crippen molar-refractivity contribution < 1.29 is 4.79 Å². The van der Waals surface area contributed by atoms with Crippen LogP contribution in [0.1, 0.15) is 62.3 Å². The zero-order valence-electron chi connectivity index (χ0n) is 14.1. The zero-order valence-corrected chi connectivity index (χ0v) is 14.9. The van der Waals surface area contributed by atoms with Gasteiger partial charge in [0.25, 0.3) is 5.91 Å². The second-order valence-electron chi connectivity index (χ2n) is 6.28. The molecule has 1 aliphatic heterocycles. The van der Waals surface area contributed by atoms with Crippen LogP contribution in [0.15, 0.2) is 0 Å². The average Bonchev–Trinajstić information content (AvgIpc) is 2.90. The highest BCUT2D eigenvalue weighted by Crippen LogP contribution is 2.20. The zero-order chi connectivity index (χ0) is 15.4. The Morgan fingerprint density at radius 1 is 1.32 bits per heavy atom. The maximum atomic E-state index is 13.0. The summed E-state index contributed by atoms with van der Waals surface area (Å²) in [6, 6.07) is 0.295. The molecule has 1 amide bonds. The topological polar surface area (TPSA) is 61.0 Å². The second kappa shape index (κ2) is 8.53. The second-order valence-corrected chi connectivity index (χ2v) is 6.28. The van der Waals surface area contributed by atoms with Gasteiger partial charge in [0.05, 0.1) is 0 Å². The van der Waals surface area contributed by atoms with Crippen molar-refractivity contribution in [2.24, 2.45) is 5.92 Å². The number of nitrogens with zero attached hydrogens (tertiary/aromatic N) is 2. The SMILES string of the molecule is CCC(CC)N(CC(C)C)C(=O)c1n[nH]c2c1CNCC2.Cl. The van der Waals surface area contributed by atoms with Crippen molar-refractivity contribution in [2.75, 3.05) is 13.1 Å². The summed E-state index contributed by atoms with van der Waals surface area (Å²) < 4.78 is 0. The van der Waals surface area contributed by atoms with Gasteiger partial charge in [-0.1, -0.05) is 27.7 Å². The molecular weight excluding hydrogens is 300 g/mol. The van der Waals surface area contributed by atoms with Crippen LogP contribution in [0.5, 0.6) is 0 Å². The highest BCUT2D eigenvalue weighted by molar-refractivity contribution is 5.94. The Kier molecular flexibility index (Phi) is 7.36. The number of carbonyl (C=O) groups excluding carboxylic acids is 1. The fraction of sp³-hybridized carbons (Fsp3) is 0.750. The normalized spacial score (nSPS) is 13.9. The van der Waals surface area contributed by atoms with Crippen LogP contribution in [-0.2, 0) is 13.0 Å². The standard InChI is InChI=1S/C16H28N4O.ClH/c1-5-12(6-2)20(10-11(3)4)16(21)15-13-9-17-8-7-14(13)18-19-15;/h11-12,17H,5-10H2,1-4H3,(H,18,19);1H. The fourth-order valence-electron chi connectivity index (χ4n) is 3.06. The Labute approximate surface area is 139 Å². The minimum Gasteiger partial charge on any atom is -0.334 e. The van der Waals surface area contributed by atoms with Crippen molar-refractivity contribution in [3.8, 4) is 0 Å². The molecule has 0 saturated carbocycles. The Morgan fingerprint density at radius 3 is 2.59 bits per heavy atom. The molecule has 0 aliphatic carbocycles. The number of H-pyrrole nitrogens is 1. The number of fused-ring (bicyclic) bond motifs is 1. The van der Waals surface area contributed by atoms with Crippen LogP contribution in [0, 0.1) is 5.92 Å². The van der Waals surface area contributed by atoms with Gasteiger partial charge in [0, 0.05) is 43.4 Å². The maximum absolute atomic E-state index is 13.0. The molecule has 0 saturated heterocycles. The van der Waals surface area contributed by atoms with Gasteiger partial charge in [0.1, 0.15) is 0 Å². The third kappa shape index (κ3) is 4.02. The predicted octanol–water partition coefficient (Wildman–Crippen LogP) is 2.76. The molecule has 22 heavy (non-hydrogen) atoms. The molecule has 1 aromatic rings. The quantitative estimate of drug-likeness (QED) is 0.844. The molecule has 5 nitrogen and oxygen atoms in total. The smallest absolute Gasteiger partial charge is 0.274 e. The molecule has 0 unspecified atom stereocenters. The summed E-state index contributed by atoms with van der Waals surface area (Å²) in [6.45, 7) is 11.1. The summed E-state index contributed by atoms with van der Waals surface area (Å²) in [5.74, 6) is 0.543. The molecule has 2 heterocycles. The van der Waals surface area contributed by atoms with Gasteiger partial charge in [-0.15, -0.1) is 12.4 Å². The fourth-order valence-corrected chi connectivity index (χ4v) is 3.06. The van der Waals surface area contributed by atoms with Gasteiger partial charge in [-0.25, -0.2) is 0 Å². The summed E-state index contributed by atoms with van der Waals surface area (Å²) in [7, 11) is 0. The van der Waals surface area contributed by atoms with Crippen LogP contribution in [0.2, 0.25) is 0 Å². The van der Waals surface area contributed by atoms with Gasteiger partial charge in [0.15, 0.2) is 5.69 Å². The molecule has 0 atom stereocenters. The number of amides is 1. The minimum atomic E-state index is 0. The molecule has 126 valence electrons. The highest BCUT2D eigenvalue weighted by Gasteiger charge is 2.29. The van der Waals surface area contributed by atoms with E-state index in [1.165, 1.54) is 0 Å². The minimum absolute atomic E-state index is 0. The van der Waals surface area contributed by atoms with Gasteiger partial charge in [0.2, 0.25) is 0 Å². The van der Waals surface area contributed by atoms with Gasteiger partial charge in [-0.3, -0.25) is 9.89 Å². The largest absolute Gasteiger partial charge is 0.334 e. The molecule has 6 heteroatoms. The van der Waals surface area contributed by atoms with E-state index in [-0.39, 0.29) is 18.3 Å². The van der Waals surface area contributed by atoms with E-state index in [1.807, 2.05) is 4.90 Å². The first-order chi connectivity index (χ1) is 10.1. The van der Waals surface area contributed by atoms with Crippen molar-refractivity contribution in [3.05, 3.63) is 17.0 Å². The lowest BCUT2D eigenvalue weighted by molar-refractivity contribution is 0.0633. The van der Waals surface area contributed by atoms with Crippen LogP contribution in [-0.4, -0.2) is 40.1 Å². The Balaban J connectivity index is 0.00000242. The number of aromatic nitrogens is 2. The number of aromatic amines is 1. The number of rotatable bonds is 6. The Bertz CT molecular complexity index is 482. The average molecular weight is 329 g/mol. The van der Waals surface area contributed by atoms with E-state index in [1.54, 1.807) is 0 Å².